The maximum atomic E-state index is 5.98. The predicted octanol–water partition coefficient (Wildman–Crippen LogP) is 3.95. The SMILES string of the molecule is CC(C)c1cccc(OC(CN)c2cccs2)c1. The normalized spacial score (nSPS) is 12.7. The number of ether oxygens (including phenoxy) is 1. The molecule has 1 heterocycles. The van der Waals surface area contributed by atoms with Gasteiger partial charge in [0.15, 0.2) is 0 Å². The second-order valence-electron chi connectivity index (χ2n) is 4.58. The molecule has 2 N–H and O–H groups in total. The summed E-state index contributed by atoms with van der Waals surface area (Å²) in [6.07, 6.45) is -0.0487. The maximum absolute atomic E-state index is 5.98. The number of hydrogen-bond donors (Lipinski definition) is 1. The molecule has 1 atom stereocenters. The summed E-state index contributed by atoms with van der Waals surface area (Å²) < 4.78 is 5.98. The van der Waals surface area contributed by atoms with E-state index >= 15 is 0 Å². The molecule has 2 nitrogen and oxygen atoms in total. The van der Waals surface area contributed by atoms with E-state index in [2.05, 4.69) is 32.0 Å². The lowest BCUT2D eigenvalue weighted by atomic mass is 10.0. The molecule has 0 aliphatic carbocycles. The van der Waals surface area contributed by atoms with E-state index in [0.29, 0.717) is 12.5 Å². The van der Waals surface area contributed by atoms with Gasteiger partial charge in [-0.25, -0.2) is 0 Å². The van der Waals surface area contributed by atoms with Gasteiger partial charge in [-0.05, 0) is 35.1 Å². The fraction of sp³-hybridized carbons (Fsp3) is 0.333. The summed E-state index contributed by atoms with van der Waals surface area (Å²) in [6.45, 7) is 4.85. The van der Waals surface area contributed by atoms with Gasteiger partial charge in [0.1, 0.15) is 11.9 Å². The summed E-state index contributed by atoms with van der Waals surface area (Å²) in [5.41, 5.74) is 7.08. The zero-order chi connectivity index (χ0) is 13.0. The van der Waals surface area contributed by atoms with Crippen molar-refractivity contribution in [1.29, 1.82) is 0 Å². The molecular formula is C15H19NOS. The lowest BCUT2D eigenvalue weighted by Crippen LogP contribution is -2.17. The number of benzene rings is 1. The van der Waals surface area contributed by atoms with Crippen LogP contribution in [0.25, 0.3) is 0 Å². The van der Waals surface area contributed by atoms with Crippen molar-refractivity contribution >= 4 is 11.3 Å². The van der Waals surface area contributed by atoms with Crippen molar-refractivity contribution in [3.05, 3.63) is 52.2 Å². The first-order chi connectivity index (χ1) is 8.70. The highest BCUT2D eigenvalue weighted by Gasteiger charge is 2.12. The molecular weight excluding hydrogens is 242 g/mol. The minimum atomic E-state index is -0.0487. The van der Waals surface area contributed by atoms with E-state index in [1.807, 2.05) is 23.6 Å². The van der Waals surface area contributed by atoms with E-state index in [0.717, 1.165) is 5.75 Å². The highest BCUT2D eigenvalue weighted by molar-refractivity contribution is 7.10. The zero-order valence-electron chi connectivity index (χ0n) is 10.8. The number of thiophene rings is 1. The third-order valence-electron chi connectivity index (χ3n) is 2.88. The molecule has 0 amide bonds. The van der Waals surface area contributed by atoms with E-state index in [-0.39, 0.29) is 6.10 Å². The van der Waals surface area contributed by atoms with Crippen molar-refractivity contribution in [3.63, 3.8) is 0 Å². The molecule has 3 heteroatoms. The predicted molar refractivity (Wildman–Crippen MR) is 77.3 cm³/mol. The molecule has 0 aliphatic heterocycles. The van der Waals surface area contributed by atoms with Crippen molar-refractivity contribution in [2.45, 2.75) is 25.9 Å². The molecule has 18 heavy (non-hydrogen) atoms. The van der Waals surface area contributed by atoms with Gasteiger partial charge >= 0.3 is 0 Å². The van der Waals surface area contributed by atoms with Crippen LogP contribution in [0.1, 0.15) is 36.3 Å². The summed E-state index contributed by atoms with van der Waals surface area (Å²) in [6, 6.07) is 12.3. The van der Waals surface area contributed by atoms with Crippen molar-refractivity contribution in [2.24, 2.45) is 5.73 Å². The summed E-state index contributed by atoms with van der Waals surface area (Å²) in [7, 11) is 0. The Balaban J connectivity index is 2.15. The van der Waals surface area contributed by atoms with Crippen LogP contribution in [0.3, 0.4) is 0 Å². The highest BCUT2D eigenvalue weighted by Crippen LogP contribution is 2.26. The van der Waals surface area contributed by atoms with Crippen molar-refractivity contribution in [2.75, 3.05) is 6.54 Å². The van der Waals surface area contributed by atoms with E-state index in [1.54, 1.807) is 11.3 Å². The van der Waals surface area contributed by atoms with E-state index in [1.165, 1.54) is 10.4 Å². The molecule has 96 valence electrons. The summed E-state index contributed by atoms with van der Waals surface area (Å²) >= 11 is 1.68. The summed E-state index contributed by atoms with van der Waals surface area (Å²) in [5, 5.41) is 2.05. The second-order valence-corrected chi connectivity index (χ2v) is 5.56. The first kappa shape index (κ1) is 13.1. The lowest BCUT2D eigenvalue weighted by Gasteiger charge is -2.17. The Bertz CT molecular complexity index is 479. The number of rotatable bonds is 5. The van der Waals surface area contributed by atoms with Crippen molar-refractivity contribution < 1.29 is 4.74 Å². The van der Waals surface area contributed by atoms with Gasteiger partial charge in [0.05, 0.1) is 0 Å². The van der Waals surface area contributed by atoms with Gasteiger partial charge in [0.25, 0.3) is 0 Å². The van der Waals surface area contributed by atoms with Crippen LogP contribution in [-0.2, 0) is 0 Å². The molecule has 1 unspecified atom stereocenters. The lowest BCUT2D eigenvalue weighted by molar-refractivity contribution is 0.218. The van der Waals surface area contributed by atoms with E-state index in [9.17, 15) is 0 Å². The molecule has 1 aromatic carbocycles. The Morgan fingerprint density at radius 2 is 2.06 bits per heavy atom. The first-order valence-corrected chi connectivity index (χ1v) is 7.08. The van der Waals surface area contributed by atoms with Crippen LogP contribution in [-0.4, -0.2) is 6.54 Å². The van der Waals surface area contributed by atoms with Gasteiger partial charge in [-0.2, -0.15) is 0 Å². The van der Waals surface area contributed by atoms with Gasteiger partial charge in [-0.15, -0.1) is 11.3 Å². The molecule has 0 fully saturated rings. The molecule has 0 bridgehead atoms. The quantitative estimate of drug-likeness (QED) is 0.884. The first-order valence-electron chi connectivity index (χ1n) is 6.20. The number of nitrogens with two attached hydrogens (primary N) is 1. The molecule has 0 radical (unpaired) electrons. The molecule has 0 aliphatic rings. The van der Waals surface area contributed by atoms with Crippen LogP contribution in [0.4, 0.5) is 0 Å². The molecule has 0 saturated carbocycles. The van der Waals surface area contributed by atoms with Crippen molar-refractivity contribution in [3.8, 4) is 5.75 Å². The standard InChI is InChI=1S/C15H19NOS/c1-11(2)12-5-3-6-13(9-12)17-14(10-16)15-7-4-8-18-15/h3-9,11,14H,10,16H2,1-2H3. The molecule has 0 spiro atoms. The Labute approximate surface area is 112 Å². The Morgan fingerprint density at radius 3 is 2.67 bits per heavy atom. The van der Waals surface area contributed by atoms with E-state index < -0.39 is 0 Å². The summed E-state index contributed by atoms with van der Waals surface area (Å²) in [5.74, 6) is 1.40. The Kier molecular flexibility index (Phi) is 4.39. The van der Waals surface area contributed by atoms with Gasteiger partial charge in [0.2, 0.25) is 0 Å². The topological polar surface area (TPSA) is 35.2 Å². The van der Waals surface area contributed by atoms with Gasteiger partial charge in [0, 0.05) is 11.4 Å². The fourth-order valence-corrected chi connectivity index (χ4v) is 2.58. The number of hydrogen-bond acceptors (Lipinski definition) is 3. The van der Waals surface area contributed by atoms with Gasteiger partial charge in [-0.3, -0.25) is 0 Å². The molecule has 1 aromatic heterocycles. The van der Waals surface area contributed by atoms with E-state index in [4.69, 9.17) is 10.5 Å². The molecule has 0 saturated heterocycles. The third kappa shape index (κ3) is 3.12. The van der Waals surface area contributed by atoms with Crippen LogP contribution in [0.5, 0.6) is 5.75 Å². The molecule has 2 rings (SSSR count). The van der Waals surface area contributed by atoms with Crippen LogP contribution in [0.15, 0.2) is 41.8 Å². The monoisotopic (exact) mass is 261 g/mol. The zero-order valence-corrected chi connectivity index (χ0v) is 11.6. The molecule has 2 aromatic rings. The Morgan fingerprint density at radius 1 is 1.22 bits per heavy atom. The fourth-order valence-electron chi connectivity index (χ4n) is 1.81. The Hall–Kier alpha value is -1.32. The van der Waals surface area contributed by atoms with Crippen LogP contribution < -0.4 is 10.5 Å². The van der Waals surface area contributed by atoms with Crippen molar-refractivity contribution in [1.82, 2.24) is 0 Å². The average molecular weight is 261 g/mol. The van der Waals surface area contributed by atoms with Gasteiger partial charge < -0.3 is 10.5 Å². The third-order valence-corrected chi connectivity index (χ3v) is 3.84. The minimum Gasteiger partial charge on any atom is -0.484 e. The second kappa shape index (κ2) is 6.03. The van der Waals surface area contributed by atoms with Crippen LogP contribution in [0, 0.1) is 0 Å². The average Bonchev–Trinajstić information content (AvgIpc) is 2.90. The van der Waals surface area contributed by atoms with Crippen LogP contribution in [0.2, 0.25) is 0 Å². The maximum Gasteiger partial charge on any atom is 0.145 e. The summed E-state index contributed by atoms with van der Waals surface area (Å²) in [4.78, 5) is 1.17. The van der Waals surface area contributed by atoms with Gasteiger partial charge in [-0.1, -0.05) is 32.0 Å². The smallest absolute Gasteiger partial charge is 0.145 e. The minimum absolute atomic E-state index is 0.0487. The largest absolute Gasteiger partial charge is 0.484 e. The van der Waals surface area contributed by atoms with Crippen LogP contribution >= 0.6 is 11.3 Å². The highest BCUT2D eigenvalue weighted by atomic mass is 32.1.